The van der Waals surface area contributed by atoms with Crippen LogP contribution in [0.1, 0.15) is 15.9 Å². The first-order chi connectivity index (χ1) is 9.43. The first-order valence-electron chi connectivity index (χ1n) is 5.79. The van der Waals surface area contributed by atoms with E-state index in [2.05, 4.69) is 0 Å². The van der Waals surface area contributed by atoms with Gasteiger partial charge in [-0.05, 0) is 18.2 Å². The van der Waals surface area contributed by atoms with Crippen molar-refractivity contribution in [2.75, 3.05) is 13.6 Å². The van der Waals surface area contributed by atoms with Crippen LogP contribution in [0.3, 0.4) is 0 Å². The molecule has 8 heteroatoms. The van der Waals surface area contributed by atoms with Gasteiger partial charge in [0.15, 0.2) is 0 Å². The minimum atomic E-state index is -0.603. The molecule has 0 atom stereocenters. The van der Waals surface area contributed by atoms with Gasteiger partial charge in [-0.1, -0.05) is 0 Å². The summed E-state index contributed by atoms with van der Waals surface area (Å²) in [5.41, 5.74) is 2.15. The highest BCUT2D eigenvalue weighted by Crippen LogP contribution is 2.17. The molecule has 3 N–H and O–H groups in total. The van der Waals surface area contributed by atoms with Crippen LogP contribution in [0.25, 0.3) is 0 Å². The van der Waals surface area contributed by atoms with Crippen molar-refractivity contribution in [3.8, 4) is 0 Å². The second-order valence-corrected chi connectivity index (χ2v) is 4.40. The predicted octanol–water partition coefficient (Wildman–Crippen LogP) is -0.177. The maximum absolute atomic E-state index is 13.7. The van der Waals surface area contributed by atoms with Crippen LogP contribution in [0, 0.1) is 5.82 Å². The highest BCUT2D eigenvalue weighted by Gasteiger charge is 2.33. The van der Waals surface area contributed by atoms with E-state index >= 15 is 0 Å². The van der Waals surface area contributed by atoms with Gasteiger partial charge in [0, 0.05) is 18.2 Å². The third-order valence-electron chi connectivity index (χ3n) is 3.00. The molecule has 20 heavy (non-hydrogen) atoms. The number of nitrogens with zero attached hydrogens (tertiary/aromatic N) is 2. The van der Waals surface area contributed by atoms with E-state index in [0.29, 0.717) is 0 Å². The fourth-order valence-corrected chi connectivity index (χ4v) is 1.92. The molecule has 1 aliphatic rings. The zero-order chi connectivity index (χ0) is 14.9. The minimum Gasteiger partial charge on any atom is -0.318 e. The van der Waals surface area contributed by atoms with Gasteiger partial charge in [0.05, 0.1) is 6.54 Å². The van der Waals surface area contributed by atoms with Crippen molar-refractivity contribution in [2.45, 2.75) is 6.54 Å². The molecule has 0 radical (unpaired) electrons. The number of halogens is 1. The van der Waals surface area contributed by atoms with Crippen LogP contribution in [0.15, 0.2) is 18.2 Å². The van der Waals surface area contributed by atoms with Crippen molar-refractivity contribution in [1.29, 1.82) is 0 Å². The molecule has 0 aliphatic carbocycles. The molecule has 7 nitrogen and oxygen atoms in total. The number of carbonyl (C=O) groups is 3. The summed E-state index contributed by atoms with van der Waals surface area (Å²) in [6.07, 6.45) is 0. The summed E-state index contributed by atoms with van der Waals surface area (Å²) >= 11 is 0. The number of imide groups is 1. The lowest BCUT2D eigenvalue weighted by atomic mass is 10.1. The fraction of sp³-hybridized carbons (Fsp3) is 0.250. The van der Waals surface area contributed by atoms with E-state index in [0.717, 1.165) is 11.0 Å². The number of nitrogens with one attached hydrogen (secondary N) is 1. The molecule has 1 saturated heterocycles. The molecule has 4 amide bonds. The SMILES string of the molecule is CN1CC(=O)N(Cc2cc(C(=O)NN)ccc2F)C1=O. The van der Waals surface area contributed by atoms with E-state index < -0.39 is 23.7 Å². The van der Waals surface area contributed by atoms with Gasteiger partial charge in [0.2, 0.25) is 0 Å². The lowest BCUT2D eigenvalue weighted by Gasteiger charge is -2.15. The Balaban J connectivity index is 2.27. The van der Waals surface area contributed by atoms with Gasteiger partial charge in [-0.3, -0.25) is 19.9 Å². The van der Waals surface area contributed by atoms with Crippen LogP contribution in [-0.2, 0) is 11.3 Å². The van der Waals surface area contributed by atoms with Gasteiger partial charge in [-0.2, -0.15) is 0 Å². The van der Waals surface area contributed by atoms with Crippen LogP contribution < -0.4 is 11.3 Å². The van der Waals surface area contributed by atoms with Crippen LogP contribution in [0.4, 0.5) is 9.18 Å². The van der Waals surface area contributed by atoms with Crippen molar-refractivity contribution in [3.05, 3.63) is 35.1 Å². The molecule has 0 spiro atoms. The Morgan fingerprint density at radius 1 is 1.45 bits per heavy atom. The first kappa shape index (κ1) is 13.9. The Kier molecular flexibility index (Phi) is 3.66. The van der Waals surface area contributed by atoms with Crippen LogP contribution in [-0.4, -0.2) is 41.2 Å². The lowest BCUT2D eigenvalue weighted by Crippen LogP contribution is -2.32. The second kappa shape index (κ2) is 5.25. The number of carbonyl (C=O) groups excluding carboxylic acids is 3. The number of hydrogen-bond donors (Lipinski definition) is 2. The summed E-state index contributed by atoms with van der Waals surface area (Å²) in [4.78, 5) is 36.9. The topological polar surface area (TPSA) is 95.7 Å². The van der Waals surface area contributed by atoms with Crippen molar-refractivity contribution < 1.29 is 18.8 Å². The quantitative estimate of drug-likeness (QED) is 0.347. The molecule has 2 rings (SSSR count). The predicted molar refractivity (Wildman–Crippen MR) is 66.6 cm³/mol. The fourth-order valence-electron chi connectivity index (χ4n) is 1.92. The zero-order valence-electron chi connectivity index (χ0n) is 10.7. The molecule has 1 fully saturated rings. The van der Waals surface area contributed by atoms with Gasteiger partial charge in [-0.15, -0.1) is 0 Å². The Morgan fingerprint density at radius 3 is 2.70 bits per heavy atom. The number of amides is 4. The third kappa shape index (κ3) is 2.45. The summed E-state index contributed by atoms with van der Waals surface area (Å²) in [6, 6.07) is 3.12. The molecule has 1 aromatic rings. The average molecular weight is 280 g/mol. The number of likely N-dealkylation sites (N-methyl/N-ethyl adjacent to an activating group) is 1. The van der Waals surface area contributed by atoms with Gasteiger partial charge in [0.25, 0.3) is 11.8 Å². The van der Waals surface area contributed by atoms with E-state index in [1.807, 2.05) is 5.43 Å². The number of urea groups is 1. The van der Waals surface area contributed by atoms with E-state index in [9.17, 15) is 18.8 Å². The molecule has 1 aromatic carbocycles. The number of hydrogen-bond acceptors (Lipinski definition) is 4. The second-order valence-electron chi connectivity index (χ2n) is 4.40. The van der Waals surface area contributed by atoms with Gasteiger partial charge >= 0.3 is 6.03 Å². The number of rotatable bonds is 3. The summed E-state index contributed by atoms with van der Waals surface area (Å²) < 4.78 is 13.7. The average Bonchev–Trinajstić information content (AvgIpc) is 2.66. The Morgan fingerprint density at radius 2 is 2.15 bits per heavy atom. The van der Waals surface area contributed by atoms with Gasteiger partial charge < -0.3 is 4.90 Å². The van der Waals surface area contributed by atoms with Crippen molar-refractivity contribution in [1.82, 2.24) is 15.2 Å². The zero-order valence-corrected chi connectivity index (χ0v) is 10.7. The highest BCUT2D eigenvalue weighted by atomic mass is 19.1. The highest BCUT2D eigenvalue weighted by molar-refractivity contribution is 6.01. The number of benzene rings is 1. The Bertz CT molecular complexity index is 590. The molecular formula is C12H13FN4O3. The third-order valence-corrected chi connectivity index (χ3v) is 3.00. The normalized spacial score (nSPS) is 14.9. The van der Waals surface area contributed by atoms with E-state index in [1.54, 1.807) is 0 Å². The van der Waals surface area contributed by atoms with Crippen LogP contribution >= 0.6 is 0 Å². The summed E-state index contributed by atoms with van der Waals surface area (Å²) in [5, 5.41) is 0. The number of nitrogen functional groups attached to an aromatic ring is 1. The molecule has 0 bridgehead atoms. The van der Waals surface area contributed by atoms with Crippen LogP contribution in [0.5, 0.6) is 0 Å². The maximum Gasteiger partial charge on any atom is 0.327 e. The smallest absolute Gasteiger partial charge is 0.318 e. The molecule has 0 aromatic heterocycles. The maximum atomic E-state index is 13.7. The first-order valence-corrected chi connectivity index (χ1v) is 5.79. The molecule has 106 valence electrons. The van der Waals surface area contributed by atoms with Gasteiger partial charge in [0.1, 0.15) is 12.4 Å². The minimum absolute atomic E-state index is 0.0383. The summed E-state index contributed by atoms with van der Waals surface area (Å²) in [7, 11) is 1.48. The van der Waals surface area contributed by atoms with E-state index in [1.165, 1.54) is 24.1 Å². The van der Waals surface area contributed by atoms with E-state index in [4.69, 9.17) is 5.84 Å². The monoisotopic (exact) mass is 280 g/mol. The summed E-state index contributed by atoms with van der Waals surface area (Å²) in [6.45, 7) is -0.261. The Labute approximate surface area is 114 Å². The number of nitrogens with two attached hydrogens (primary N) is 1. The van der Waals surface area contributed by atoms with Crippen molar-refractivity contribution in [3.63, 3.8) is 0 Å². The van der Waals surface area contributed by atoms with Crippen molar-refractivity contribution >= 4 is 17.8 Å². The van der Waals surface area contributed by atoms with Crippen molar-refractivity contribution in [2.24, 2.45) is 5.84 Å². The summed E-state index contributed by atoms with van der Waals surface area (Å²) in [5.74, 6) is 3.40. The largest absolute Gasteiger partial charge is 0.327 e. The standard InChI is InChI=1S/C12H13FN4O3/c1-16-6-10(18)17(12(16)20)5-8-4-7(11(19)15-14)2-3-9(8)13/h2-4H,5-6,14H2,1H3,(H,15,19). The molecule has 0 unspecified atom stereocenters. The lowest BCUT2D eigenvalue weighted by molar-refractivity contribution is -0.125. The van der Waals surface area contributed by atoms with E-state index in [-0.39, 0.29) is 24.2 Å². The number of hydrazine groups is 1. The van der Waals surface area contributed by atoms with Crippen LogP contribution in [0.2, 0.25) is 0 Å². The molecule has 1 aliphatic heterocycles. The molecule has 0 saturated carbocycles. The van der Waals surface area contributed by atoms with Gasteiger partial charge in [-0.25, -0.2) is 15.0 Å². The molecular weight excluding hydrogens is 267 g/mol. The molecule has 1 heterocycles. The Hall–Kier alpha value is -2.48.